The van der Waals surface area contributed by atoms with Crippen LogP contribution in [0.2, 0.25) is 0 Å². The van der Waals surface area contributed by atoms with Crippen molar-refractivity contribution in [2.24, 2.45) is 5.84 Å². The van der Waals surface area contributed by atoms with Crippen LogP contribution in [0.3, 0.4) is 0 Å². The normalized spacial score (nSPS) is 11.2. The lowest BCUT2D eigenvalue weighted by Gasteiger charge is -2.07. The van der Waals surface area contributed by atoms with Crippen LogP contribution in [0.15, 0.2) is 36.4 Å². The molecule has 0 spiro atoms. The number of aryl methyl sites for hydroxylation is 3. The minimum absolute atomic E-state index is 0.149. The molecule has 1 amide bonds. The molecule has 0 fully saturated rings. The Labute approximate surface area is 123 Å². The molecule has 0 aliphatic carbocycles. The number of hydrogen-bond acceptors (Lipinski definition) is 2. The molecule has 3 rings (SSSR count). The molecule has 0 aliphatic heterocycles. The molecule has 1 heterocycles. The maximum Gasteiger partial charge on any atom is 0.235 e. The van der Waals surface area contributed by atoms with Gasteiger partial charge in [-0.3, -0.25) is 10.2 Å². The van der Waals surface area contributed by atoms with Crippen molar-refractivity contribution in [2.45, 2.75) is 26.8 Å². The summed E-state index contributed by atoms with van der Waals surface area (Å²) in [6.07, 6.45) is 0.372. The van der Waals surface area contributed by atoms with Crippen LogP contribution in [0.5, 0.6) is 0 Å². The van der Waals surface area contributed by atoms with Gasteiger partial charge in [0, 0.05) is 34.8 Å². The number of fused-ring (bicyclic) bond motifs is 3. The zero-order valence-corrected chi connectivity index (χ0v) is 12.3. The largest absolute Gasteiger partial charge is 0.340 e. The van der Waals surface area contributed by atoms with Gasteiger partial charge in [-0.05, 0) is 38.1 Å². The van der Waals surface area contributed by atoms with Crippen molar-refractivity contribution < 1.29 is 4.79 Å². The highest BCUT2D eigenvalue weighted by atomic mass is 16.2. The second-order valence-corrected chi connectivity index (χ2v) is 5.51. The molecule has 0 saturated heterocycles. The molecule has 3 aromatic rings. The lowest BCUT2D eigenvalue weighted by Crippen LogP contribution is -2.30. The minimum Gasteiger partial charge on any atom is -0.340 e. The Hall–Kier alpha value is -2.33. The van der Waals surface area contributed by atoms with E-state index in [4.69, 9.17) is 5.84 Å². The maximum atomic E-state index is 11.4. The Bertz CT molecular complexity index is 774. The van der Waals surface area contributed by atoms with Crippen LogP contribution in [0.4, 0.5) is 0 Å². The average molecular weight is 281 g/mol. The number of hydrogen-bond donors (Lipinski definition) is 2. The summed E-state index contributed by atoms with van der Waals surface area (Å²) >= 11 is 0. The second-order valence-electron chi connectivity index (χ2n) is 5.51. The number of hydrazine groups is 1. The Morgan fingerprint density at radius 3 is 2.05 bits per heavy atom. The Kier molecular flexibility index (Phi) is 3.39. The fourth-order valence-electron chi connectivity index (χ4n) is 2.86. The molecule has 4 nitrogen and oxygen atoms in total. The van der Waals surface area contributed by atoms with Gasteiger partial charge >= 0.3 is 0 Å². The molecule has 0 aliphatic rings. The molecule has 108 valence electrons. The van der Waals surface area contributed by atoms with Crippen molar-refractivity contribution in [1.29, 1.82) is 0 Å². The zero-order chi connectivity index (χ0) is 15.0. The summed E-state index contributed by atoms with van der Waals surface area (Å²) in [5.41, 5.74) is 6.98. The Morgan fingerprint density at radius 1 is 1.05 bits per heavy atom. The molecule has 0 saturated carbocycles. The molecule has 3 N–H and O–H groups in total. The molecule has 0 atom stereocenters. The molecule has 1 aromatic heterocycles. The minimum atomic E-state index is -0.149. The molecular weight excluding hydrogens is 262 g/mol. The van der Waals surface area contributed by atoms with Gasteiger partial charge in [0.15, 0.2) is 0 Å². The van der Waals surface area contributed by atoms with E-state index < -0.39 is 0 Å². The highest BCUT2D eigenvalue weighted by molar-refractivity contribution is 6.08. The summed E-state index contributed by atoms with van der Waals surface area (Å²) in [5.74, 6) is 5.02. The van der Waals surface area contributed by atoms with Crippen LogP contribution >= 0.6 is 0 Å². The number of benzene rings is 2. The van der Waals surface area contributed by atoms with Crippen molar-refractivity contribution in [1.82, 2.24) is 9.99 Å². The highest BCUT2D eigenvalue weighted by Crippen LogP contribution is 2.30. The van der Waals surface area contributed by atoms with Gasteiger partial charge < -0.3 is 4.57 Å². The van der Waals surface area contributed by atoms with E-state index in [1.807, 2.05) is 0 Å². The fourth-order valence-corrected chi connectivity index (χ4v) is 2.86. The monoisotopic (exact) mass is 281 g/mol. The first-order chi connectivity index (χ1) is 10.1. The Morgan fingerprint density at radius 2 is 1.57 bits per heavy atom. The number of nitrogens with two attached hydrogens (primary N) is 1. The second kappa shape index (κ2) is 5.22. The number of nitrogens with zero attached hydrogens (tertiary/aromatic N) is 1. The van der Waals surface area contributed by atoms with E-state index in [9.17, 15) is 4.79 Å². The molecule has 4 heteroatoms. The van der Waals surface area contributed by atoms with Gasteiger partial charge in [0.05, 0.1) is 0 Å². The number of aromatic nitrogens is 1. The van der Waals surface area contributed by atoms with Gasteiger partial charge in [0.25, 0.3) is 0 Å². The summed E-state index contributed by atoms with van der Waals surface area (Å²) in [6.45, 7) is 4.82. The fraction of sp³-hybridized carbons (Fsp3) is 0.235. The van der Waals surface area contributed by atoms with Gasteiger partial charge in [0.1, 0.15) is 0 Å². The van der Waals surface area contributed by atoms with Gasteiger partial charge in [-0.1, -0.05) is 23.3 Å². The first kappa shape index (κ1) is 13.6. The lowest BCUT2D eigenvalue weighted by molar-refractivity contribution is -0.121. The topological polar surface area (TPSA) is 60.0 Å². The van der Waals surface area contributed by atoms with Crippen LogP contribution in [0, 0.1) is 13.8 Å². The van der Waals surface area contributed by atoms with E-state index in [2.05, 4.69) is 60.2 Å². The third-order valence-electron chi connectivity index (χ3n) is 3.90. The third kappa shape index (κ3) is 2.38. The summed E-state index contributed by atoms with van der Waals surface area (Å²) in [4.78, 5) is 11.4. The standard InChI is InChI=1S/C17H19N3O/c1-11-3-5-15-13(9-11)14-10-12(2)4-6-16(14)20(15)8-7-17(21)19-18/h3-6,9-10H,7-8,18H2,1-2H3,(H,19,21). The van der Waals surface area contributed by atoms with Gasteiger partial charge in [-0.15, -0.1) is 0 Å². The van der Waals surface area contributed by atoms with E-state index in [-0.39, 0.29) is 5.91 Å². The lowest BCUT2D eigenvalue weighted by atomic mass is 10.1. The maximum absolute atomic E-state index is 11.4. The first-order valence-electron chi connectivity index (χ1n) is 7.09. The van der Waals surface area contributed by atoms with Crippen LogP contribution in [0.1, 0.15) is 17.5 Å². The smallest absolute Gasteiger partial charge is 0.235 e. The SMILES string of the molecule is Cc1ccc2c(c1)c1cc(C)ccc1n2CCC(=O)NN. The quantitative estimate of drug-likeness (QED) is 0.440. The predicted molar refractivity (Wildman–Crippen MR) is 85.9 cm³/mol. The first-order valence-corrected chi connectivity index (χ1v) is 7.09. The van der Waals surface area contributed by atoms with E-state index >= 15 is 0 Å². The zero-order valence-electron chi connectivity index (χ0n) is 12.3. The van der Waals surface area contributed by atoms with E-state index in [0.29, 0.717) is 13.0 Å². The van der Waals surface area contributed by atoms with Crippen molar-refractivity contribution in [3.63, 3.8) is 0 Å². The number of carbonyl (C=O) groups is 1. The number of amides is 1. The van der Waals surface area contributed by atoms with Crippen LogP contribution in [0.25, 0.3) is 21.8 Å². The van der Waals surface area contributed by atoms with Crippen LogP contribution < -0.4 is 11.3 Å². The van der Waals surface area contributed by atoms with Crippen LogP contribution in [-0.2, 0) is 11.3 Å². The van der Waals surface area contributed by atoms with Gasteiger partial charge in [-0.25, -0.2) is 5.84 Å². The summed E-state index contributed by atoms with van der Waals surface area (Å²) < 4.78 is 2.19. The predicted octanol–water partition coefficient (Wildman–Crippen LogP) is 2.79. The number of nitrogens with one attached hydrogen (secondary N) is 1. The van der Waals surface area contributed by atoms with Crippen molar-refractivity contribution in [3.05, 3.63) is 47.5 Å². The van der Waals surface area contributed by atoms with E-state index in [0.717, 1.165) is 11.0 Å². The molecule has 0 unspecified atom stereocenters. The molecule has 0 radical (unpaired) electrons. The molecule has 21 heavy (non-hydrogen) atoms. The summed E-state index contributed by atoms with van der Waals surface area (Å²) in [7, 11) is 0. The van der Waals surface area contributed by atoms with Crippen molar-refractivity contribution in [3.8, 4) is 0 Å². The average Bonchev–Trinajstić information content (AvgIpc) is 2.77. The van der Waals surface area contributed by atoms with E-state index in [1.165, 1.54) is 21.9 Å². The van der Waals surface area contributed by atoms with E-state index in [1.54, 1.807) is 0 Å². The summed E-state index contributed by atoms with van der Waals surface area (Å²) in [5, 5.41) is 2.48. The third-order valence-corrected chi connectivity index (χ3v) is 3.90. The molecule has 2 aromatic carbocycles. The molecular formula is C17H19N3O. The van der Waals surface area contributed by atoms with Gasteiger partial charge in [-0.2, -0.15) is 0 Å². The molecule has 0 bridgehead atoms. The van der Waals surface area contributed by atoms with Crippen LogP contribution in [-0.4, -0.2) is 10.5 Å². The number of rotatable bonds is 3. The Balaban J connectivity index is 2.22. The number of carbonyl (C=O) groups excluding carboxylic acids is 1. The highest BCUT2D eigenvalue weighted by Gasteiger charge is 2.11. The van der Waals surface area contributed by atoms with Gasteiger partial charge in [0.2, 0.25) is 5.91 Å². The summed E-state index contributed by atoms with van der Waals surface area (Å²) in [6, 6.07) is 12.9. The van der Waals surface area contributed by atoms with Crippen molar-refractivity contribution >= 4 is 27.7 Å². The van der Waals surface area contributed by atoms with Crippen molar-refractivity contribution in [2.75, 3.05) is 0 Å².